The van der Waals surface area contributed by atoms with Crippen molar-refractivity contribution in [3.05, 3.63) is 48.0 Å². The Labute approximate surface area is 119 Å². The van der Waals surface area contributed by atoms with Crippen LogP contribution in [0, 0.1) is 5.92 Å². The van der Waals surface area contributed by atoms with E-state index >= 15 is 0 Å². The zero-order chi connectivity index (χ0) is 14.8. The highest BCUT2D eigenvalue weighted by Gasteiger charge is 2.19. The molecule has 0 saturated heterocycles. The molecule has 1 aromatic carbocycles. The van der Waals surface area contributed by atoms with Crippen molar-refractivity contribution in [2.75, 3.05) is 6.61 Å². The number of carbonyl (C=O) groups is 1. The Kier molecular flexibility index (Phi) is 7.62. The summed E-state index contributed by atoms with van der Waals surface area (Å²) in [4.78, 5) is 10.3. The van der Waals surface area contributed by atoms with Crippen LogP contribution in [-0.4, -0.2) is 27.9 Å². The van der Waals surface area contributed by atoms with Crippen molar-refractivity contribution in [2.45, 2.75) is 31.8 Å². The molecule has 0 aliphatic heterocycles. The summed E-state index contributed by atoms with van der Waals surface area (Å²) in [7, 11) is 0. The van der Waals surface area contributed by atoms with Crippen LogP contribution >= 0.6 is 0 Å². The number of carboxylic acids is 1. The number of aliphatic hydroxyl groups excluding tert-OH is 2. The Hall–Kier alpha value is -1.65. The van der Waals surface area contributed by atoms with Crippen LogP contribution in [0.4, 0.5) is 0 Å². The van der Waals surface area contributed by atoms with Gasteiger partial charge in [0.1, 0.15) is 0 Å². The number of hydrogen-bond donors (Lipinski definition) is 3. The second kappa shape index (κ2) is 9.28. The fraction of sp³-hybridized carbons (Fsp3) is 0.438. The molecule has 0 aliphatic rings. The van der Waals surface area contributed by atoms with E-state index in [1.807, 2.05) is 30.3 Å². The van der Waals surface area contributed by atoms with Gasteiger partial charge in [0.15, 0.2) is 0 Å². The average molecular weight is 278 g/mol. The molecule has 0 spiro atoms. The molecule has 2 unspecified atom stereocenters. The van der Waals surface area contributed by atoms with Crippen LogP contribution in [0.1, 0.15) is 37.4 Å². The van der Waals surface area contributed by atoms with Crippen molar-refractivity contribution in [2.24, 2.45) is 5.92 Å². The van der Waals surface area contributed by atoms with Crippen LogP contribution in [-0.2, 0) is 4.79 Å². The van der Waals surface area contributed by atoms with E-state index in [0.29, 0.717) is 12.8 Å². The Bertz CT molecular complexity index is 414. The van der Waals surface area contributed by atoms with Gasteiger partial charge in [-0.3, -0.25) is 0 Å². The van der Waals surface area contributed by atoms with Gasteiger partial charge in [-0.1, -0.05) is 42.8 Å². The van der Waals surface area contributed by atoms with E-state index in [9.17, 15) is 15.0 Å². The zero-order valence-corrected chi connectivity index (χ0v) is 11.5. The number of carboxylic acid groups (broad SMARTS) is 1. The number of aliphatic hydroxyl groups is 2. The molecule has 2 atom stereocenters. The van der Waals surface area contributed by atoms with E-state index in [1.54, 1.807) is 6.08 Å². The zero-order valence-electron chi connectivity index (χ0n) is 11.5. The van der Waals surface area contributed by atoms with Gasteiger partial charge in [0.05, 0.1) is 6.10 Å². The lowest BCUT2D eigenvalue weighted by Crippen LogP contribution is -2.16. The first kappa shape index (κ1) is 16.4. The van der Waals surface area contributed by atoms with E-state index in [1.165, 1.54) is 0 Å². The Morgan fingerprint density at radius 2 is 1.90 bits per heavy atom. The van der Waals surface area contributed by atoms with Crippen LogP contribution in [0.2, 0.25) is 0 Å². The minimum atomic E-state index is -0.933. The third-order valence-electron chi connectivity index (χ3n) is 3.28. The summed E-state index contributed by atoms with van der Waals surface area (Å²) in [5, 5.41) is 28.0. The third kappa shape index (κ3) is 5.99. The summed E-state index contributed by atoms with van der Waals surface area (Å²) in [6.45, 7) is -0.0545. The van der Waals surface area contributed by atoms with Crippen molar-refractivity contribution in [3.8, 4) is 0 Å². The first-order valence-corrected chi connectivity index (χ1v) is 6.88. The van der Waals surface area contributed by atoms with Gasteiger partial charge in [-0.2, -0.15) is 0 Å². The lowest BCUT2D eigenvalue weighted by atomic mass is 9.91. The largest absolute Gasteiger partial charge is 0.478 e. The Balaban J connectivity index is 2.34. The lowest BCUT2D eigenvalue weighted by molar-refractivity contribution is -0.131. The second-order valence-corrected chi connectivity index (χ2v) is 4.82. The van der Waals surface area contributed by atoms with Crippen LogP contribution in [0.5, 0.6) is 0 Å². The molecule has 0 heterocycles. The van der Waals surface area contributed by atoms with Crippen LogP contribution in [0.15, 0.2) is 42.5 Å². The fourth-order valence-corrected chi connectivity index (χ4v) is 2.12. The highest BCUT2D eigenvalue weighted by molar-refractivity contribution is 5.79. The quantitative estimate of drug-likeness (QED) is 0.479. The molecule has 0 fully saturated rings. The van der Waals surface area contributed by atoms with Crippen LogP contribution < -0.4 is 0 Å². The normalized spacial score (nSPS) is 14.3. The number of benzene rings is 1. The molecule has 4 heteroatoms. The molecule has 0 amide bonds. The van der Waals surface area contributed by atoms with Crippen molar-refractivity contribution in [1.82, 2.24) is 0 Å². The summed E-state index contributed by atoms with van der Waals surface area (Å²) < 4.78 is 0. The fourth-order valence-electron chi connectivity index (χ4n) is 2.12. The molecule has 0 radical (unpaired) electrons. The minimum Gasteiger partial charge on any atom is -0.478 e. The molecule has 0 aliphatic carbocycles. The second-order valence-electron chi connectivity index (χ2n) is 4.82. The van der Waals surface area contributed by atoms with Crippen molar-refractivity contribution >= 4 is 5.97 Å². The highest BCUT2D eigenvalue weighted by Crippen LogP contribution is 2.26. The minimum absolute atomic E-state index is 0.0545. The van der Waals surface area contributed by atoms with E-state index in [2.05, 4.69) is 0 Å². The van der Waals surface area contributed by atoms with Gasteiger partial charge in [0.25, 0.3) is 0 Å². The topological polar surface area (TPSA) is 77.8 Å². The molecule has 0 aromatic heterocycles. The third-order valence-corrected chi connectivity index (χ3v) is 3.28. The van der Waals surface area contributed by atoms with Crippen molar-refractivity contribution < 1.29 is 20.1 Å². The van der Waals surface area contributed by atoms with Gasteiger partial charge >= 0.3 is 5.97 Å². The smallest absolute Gasteiger partial charge is 0.327 e. The molecule has 0 bridgehead atoms. The molecule has 20 heavy (non-hydrogen) atoms. The van der Waals surface area contributed by atoms with E-state index in [4.69, 9.17) is 5.11 Å². The van der Waals surface area contributed by atoms with Crippen LogP contribution in [0.25, 0.3) is 0 Å². The molecular formula is C16H22O4. The Morgan fingerprint density at radius 3 is 2.50 bits per heavy atom. The molecule has 1 aromatic rings. The van der Waals surface area contributed by atoms with E-state index < -0.39 is 12.1 Å². The maximum absolute atomic E-state index is 10.3. The predicted octanol–water partition coefficient (Wildman–Crippen LogP) is 2.53. The van der Waals surface area contributed by atoms with Gasteiger partial charge < -0.3 is 15.3 Å². The maximum atomic E-state index is 10.3. The molecule has 3 N–H and O–H groups in total. The standard InChI is InChI=1S/C16H22O4/c17-12-14(10-4-1-2-7-11-15(18)19)16(20)13-8-5-3-6-9-13/h3,5-9,11,14,16-17,20H,1-2,4,10,12H2,(H,18,19). The Morgan fingerprint density at radius 1 is 1.20 bits per heavy atom. The monoisotopic (exact) mass is 278 g/mol. The van der Waals surface area contributed by atoms with Crippen molar-refractivity contribution in [1.29, 1.82) is 0 Å². The van der Waals surface area contributed by atoms with E-state index in [0.717, 1.165) is 24.5 Å². The summed E-state index contributed by atoms with van der Waals surface area (Å²) in [5.74, 6) is -1.11. The van der Waals surface area contributed by atoms with Gasteiger partial charge in [-0.15, -0.1) is 0 Å². The van der Waals surface area contributed by atoms with Gasteiger partial charge in [0.2, 0.25) is 0 Å². The highest BCUT2D eigenvalue weighted by atomic mass is 16.4. The van der Waals surface area contributed by atoms with Gasteiger partial charge in [-0.25, -0.2) is 4.79 Å². The molecule has 4 nitrogen and oxygen atoms in total. The summed E-state index contributed by atoms with van der Waals surface area (Å²) >= 11 is 0. The molecule has 0 saturated carbocycles. The van der Waals surface area contributed by atoms with Crippen molar-refractivity contribution in [3.63, 3.8) is 0 Å². The number of allylic oxidation sites excluding steroid dienone is 1. The molecule has 1 rings (SSSR count). The number of hydrogen-bond acceptors (Lipinski definition) is 3. The molecule has 110 valence electrons. The summed E-state index contributed by atoms with van der Waals surface area (Å²) in [6.07, 6.45) is 5.22. The SMILES string of the molecule is O=C(O)C=CCCCCC(CO)C(O)c1ccccc1. The maximum Gasteiger partial charge on any atom is 0.327 e. The number of unbranched alkanes of at least 4 members (excludes halogenated alkanes) is 2. The predicted molar refractivity (Wildman–Crippen MR) is 77.2 cm³/mol. The van der Waals surface area contributed by atoms with Crippen LogP contribution in [0.3, 0.4) is 0 Å². The van der Waals surface area contributed by atoms with Gasteiger partial charge in [-0.05, 0) is 24.8 Å². The average Bonchev–Trinajstić information content (AvgIpc) is 2.46. The van der Waals surface area contributed by atoms with E-state index in [-0.39, 0.29) is 12.5 Å². The first-order valence-electron chi connectivity index (χ1n) is 6.88. The number of aliphatic carboxylic acids is 1. The lowest BCUT2D eigenvalue weighted by Gasteiger charge is -2.21. The summed E-state index contributed by atoms with van der Waals surface area (Å²) in [5.41, 5.74) is 0.817. The summed E-state index contributed by atoms with van der Waals surface area (Å²) in [6, 6.07) is 9.32. The molecular weight excluding hydrogens is 256 g/mol. The number of rotatable bonds is 9. The van der Waals surface area contributed by atoms with Gasteiger partial charge in [0, 0.05) is 18.6 Å². The first-order chi connectivity index (χ1) is 9.65.